The number of hydrogen-bond acceptors (Lipinski definition) is 4. The molecule has 4 heteroatoms. The highest BCUT2D eigenvalue weighted by Crippen LogP contribution is 2.33. The number of nitrogens with zero attached hydrogens (tertiary/aromatic N) is 1. The second-order valence-electron chi connectivity index (χ2n) is 5.88. The Bertz CT molecular complexity index is 681. The molecule has 132 valence electrons. The SMILES string of the molecule is CCOC(=O)OC(/C(=C/CN(C)C)c1ccccc1)c1ccccc1. The normalized spacial score (nSPS) is 12.7. The van der Waals surface area contributed by atoms with E-state index in [2.05, 4.69) is 11.0 Å². The Morgan fingerprint density at radius 2 is 1.64 bits per heavy atom. The highest BCUT2D eigenvalue weighted by atomic mass is 16.7. The van der Waals surface area contributed by atoms with E-state index in [0.717, 1.165) is 23.2 Å². The van der Waals surface area contributed by atoms with Crippen LogP contribution in [0.25, 0.3) is 5.57 Å². The van der Waals surface area contributed by atoms with Crippen molar-refractivity contribution in [1.29, 1.82) is 0 Å². The van der Waals surface area contributed by atoms with Gasteiger partial charge in [0.25, 0.3) is 0 Å². The van der Waals surface area contributed by atoms with E-state index in [4.69, 9.17) is 9.47 Å². The van der Waals surface area contributed by atoms with Crippen molar-refractivity contribution in [2.24, 2.45) is 0 Å². The van der Waals surface area contributed by atoms with Crippen molar-refractivity contribution in [3.8, 4) is 0 Å². The second-order valence-corrected chi connectivity index (χ2v) is 5.88. The van der Waals surface area contributed by atoms with E-state index in [0.29, 0.717) is 0 Å². The Morgan fingerprint density at radius 3 is 2.20 bits per heavy atom. The molecule has 0 radical (unpaired) electrons. The van der Waals surface area contributed by atoms with E-state index in [1.165, 1.54) is 0 Å². The van der Waals surface area contributed by atoms with Gasteiger partial charge in [0.05, 0.1) is 6.61 Å². The molecule has 0 aromatic heterocycles. The summed E-state index contributed by atoms with van der Waals surface area (Å²) in [5.74, 6) is 0. The molecule has 0 aliphatic rings. The molecule has 0 N–H and O–H groups in total. The number of likely N-dealkylation sites (N-methyl/N-ethyl adjacent to an activating group) is 1. The maximum absolute atomic E-state index is 12.0. The van der Waals surface area contributed by atoms with Gasteiger partial charge in [0.2, 0.25) is 0 Å². The molecule has 0 bridgehead atoms. The molecular weight excluding hydrogens is 314 g/mol. The fourth-order valence-electron chi connectivity index (χ4n) is 2.47. The molecule has 2 aromatic carbocycles. The Labute approximate surface area is 149 Å². The van der Waals surface area contributed by atoms with Crippen molar-refractivity contribution < 1.29 is 14.3 Å². The van der Waals surface area contributed by atoms with Crippen LogP contribution in [-0.2, 0) is 9.47 Å². The van der Waals surface area contributed by atoms with Crippen LogP contribution in [0.3, 0.4) is 0 Å². The largest absolute Gasteiger partial charge is 0.509 e. The highest BCUT2D eigenvalue weighted by molar-refractivity contribution is 5.73. The molecule has 0 saturated carbocycles. The van der Waals surface area contributed by atoms with Crippen LogP contribution in [0, 0.1) is 0 Å². The van der Waals surface area contributed by atoms with Gasteiger partial charge >= 0.3 is 6.16 Å². The zero-order chi connectivity index (χ0) is 18.1. The minimum atomic E-state index is -0.664. The van der Waals surface area contributed by atoms with Crippen LogP contribution in [0.2, 0.25) is 0 Å². The third-order valence-electron chi connectivity index (χ3n) is 3.64. The summed E-state index contributed by atoms with van der Waals surface area (Å²) in [5, 5.41) is 0. The van der Waals surface area contributed by atoms with Crippen LogP contribution in [0.4, 0.5) is 4.79 Å². The summed E-state index contributed by atoms with van der Waals surface area (Å²) in [6, 6.07) is 19.7. The smallest absolute Gasteiger partial charge is 0.435 e. The molecule has 0 aliphatic heterocycles. The zero-order valence-electron chi connectivity index (χ0n) is 15.0. The van der Waals surface area contributed by atoms with Crippen molar-refractivity contribution in [1.82, 2.24) is 4.90 Å². The van der Waals surface area contributed by atoms with E-state index in [-0.39, 0.29) is 6.61 Å². The van der Waals surface area contributed by atoms with Crippen LogP contribution in [0.1, 0.15) is 24.2 Å². The number of carbonyl (C=O) groups excluding carboxylic acids is 1. The van der Waals surface area contributed by atoms with Crippen molar-refractivity contribution in [2.75, 3.05) is 27.2 Å². The topological polar surface area (TPSA) is 38.8 Å². The number of ether oxygens (including phenoxy) is 2. The third kappa shape index (κ3) is 5.76. The molecule has 2 aromatic rings. The van der Waals surface area contributed by atoms with Gasteiger partial charge in [0, 0.05) is 12.1 Å². The van der Waals surface area contributed by atoms with Gasteiger partial charge in [-0.2, -0.15) is 0 Å². The summed E-state index contributed by atoms with van der Waals surface area (Å²) in [4.78, 5) is 14.1. The lowest BCUT2D eigenvalue weighted by Crippen LogP contribution is -2.17. The summed E-state index contributed by atoms with van der Waals surface area (Å²) >= 11 is 0. The monoisotopic (exact) mass is 339 g/mol. The van der Waals surface area contributed by atoms with Gasteiger partial charge in [0.15, 0.2) is 6.10 Å². The molecule has 0 saturated heterocycles. The zero-order valence-corrected chi connectivity index (χ0v) is 15.0. The molecule has 0 amide bonds. The van der Waals surface area contributed by atoms with Crippen LogP contribution in [0.15, 0.2) is 66.7 Å². The van der Waals surface area contributed by atoms with E-state index in [1.807, 2.05) is 74.8 Å². The van der Waals surface area contributed by atoms with Crippen LogP contribution in [0.5, 0.6) is 0 Å². The summed E-state index contributed by atoms with van der Waals surface area (Å²) in [5.41, 5.74) is 2.86. The van der Waals surface area contributed by atoms with Gasteiger partial charge in [-0.05, 0) is 32.1 Å². The number of rotatable bonds is 7. The Balaban J connectivity index is 2.44. The molecule has 2 rings (SSSR count). The molecule has 1 unspecified atom stereocenters. The predicted molar refractivity (Wildman–Crippen MR) is 100 cm³/mol. The Hall–Kier alpha value is -2.59. The highest BCUT2D eigenvalue weighted by Gasteiger charge is 2.23. The van der Waals surface area contributed by atoms with E-state index >= 15 is 0 Å². The van der Waals surface area contributed by atoms with Crippen LogP contribution in [-0.4, -0.2) is 38.3 Å². The minimum absolute atomic E-state index is 0.280. The van der Waals surface area contributed by atoms with Gasteiger partial charge < -0.3 is 14.4 Å². The fraction of sp³-hybridized carbons (Fsp3) is 0.286. The predicted octanol–water partition coefficient (Wildman–Crippen LogP) is 4.55. The first-order valence-electron chi connectivity index (χ1n) is 8.40. The third-order valence-corrected chi connectivity index (χ3v) is 3.64. The second kappa shape index (κ2) is 9.64. The number of benzene rings is 2. The van der Waals surface area contributed by atoms with Gasteiger partial charge in [-0.15, -0.1) is 0 Å². The summed E-state index contributed by atoms with van der Waals surface area (Å²) in [7, 11) is 4.01. The van der Waals surface area contributed by atoms with Crippen molar-refractivity contribution in [2.45, 2.75) is 13.0 Å². The summed E-state index contributed by atoms with van der Waals surface area (Å²) < 4.78 is 10.7. The lowest BCUT2D eigenvalue weighted by molar-refractivity contribution is 0.0427. The Morgan fingerprint density at radius 1 is 1.04 bits per heavy atom. The lowest BCUT2D eigenvalue weighted by atomic mass is 9.94. The van der Waals surface area contributed by atoms with E-state index in [9.17, 15) is 4.79 Å². The average molecular weight is 339 g/mol. The first-order chi connectivity index (χ1) is 12.1. The van der Waals surface area contributed by atoms with E-state index in [1.54, 1.807) is 6.92 Å². The number of carbonyl (C=O) groups is 1. The van der Waals surface area contributed by atoms with Gasteiger partial charge in [-0.3, -0.25) is 0 Å². The maximum Gasteiger partial charge on any atom is 0.509 e. The average Bonchev–Trinajstić information content (AvgIpc) is 2.62. The molecule has 1 atom stereocenters. The quantitative estimate of drug-likeness (QED) is 0.694. The first kappa shape index (κ1) is 18.7. The Kier molecular flexibility index (Phi) is 7.23. The molecule has 0 fully saturated rings. The summed E-state index contributed by atoms with van der Waals surface area (Å²) in [6.45, 7) is 2.78. The van der Waals surface area contributed by atoms with Gasteiger partial charge in [0.1, 0.15) is 0 Å². The molecule has 0 aliphatic carbocycles. The molecule has 0 heterocycles. The van der Waals surface area contributed by atoms with Crippen molar-refractivity contribution >= 4 is 11.7 Å². The first-order valence-corrected chi connectivity index (χ1v) is 8.40. The van der Waals surface area contributed by atoms with Gasteiger partial charge in [-0.25, -0.2) is 4.79 Å². The van der Waals surface area contributed by atoms with Crippen molar-refractivity contribution in [3.05, 3.63) is 77.9 Å². The van der Waals surface area contributed by atoms with Crippen molar-refractivity contribution in [3.63, 3.8) is 0 Å². The summed E-state index contributed by atoms with van der Waals surface area (Å²) in [6.07, 6.45) is 0.900. The fourth-order valence-corrected chi connectivity index (χ4v) is 2.47. The molecular formula is C21H25NO3. The van der Waals surface area contributed by atoms with Crippen LogP contribution < -0.4 is 0 Å². The minimum Gasteiger partial charge on any atom is -0.435 e. The molecule has 25 heavy (non-hydrogen) atoms. The maximum atomic E-state index is 12.0. The van der Waals surface area contributed by atoms with Gasteiger partial charge in [-0.1, -0.05) is 66.7 Å². The number of hydrogen-bond donors (Lipinski definition) is 0. The van der Waals surface area contributed by atoms with Crippen LogP contribution >= 0.6 is 0 Å². The van der Waals surface area contributed by atoms with E-state index < -0.39 is 12.3 Å². The standard InChI is InChI=1S/C21H25NO3/c1-4-24-21(23)25-20(18-13-9-6-10-14-18)19(15-16-22(2)3)17-11-7-5-8-12-17/h5-15,20H,4,16H2,1-3H3/b19-15+. The molecule has 0 spiro atoms. The lowest BCUT2D eigenvalue weighted by Gasteiger charge is -2.22. The molecule has 4 nitrogen and oxygen atoms in total.